The molecule has 5 saturated carbocycles. The fourth-order valence-electron chi connectivity index (χ4n) is 7.97. The van der Waals surface area contributed by atoms with Gasteiger partial charge in [0.25, 0.3) is 0 Å². The van der Waals surface area contributed by atoms with Crippen molar-refractivity contribution in [3.8, 4) is 0 Å². The SMILES string of the molecule is CCN1C(=O)N(C2C3CC4CC2CC(C(=O)OC)(C4)C3)CC12CCCC2. The van der Waals surface area contributed by atoms with Crippen LogP contribution >= 0.6 is 0 Å². The summed E-state index contributed by atoms with van der Waals surface area (Å²) < 4.78 is 5.20. The first-order valence-electron chi connectivity index (χ1n) is 10.7. The average molecular weight is 360 g/mol. The van der Waals surface area contributed by atoms with Crippen molar-refractivity contribution in [1.29, 1.82) is 0 Å². The minimum atomic E-state index is -0.250. The highest BCUT2D eigenvalue weighted by Crippen LogP contribution is 2.62. The number of carbonyl (C=O) groups is 2. The highest BCUT2D eigenvalue weighted by Gasteiger charge is 2.63. The van der Waals surface area contributed by atoms with E-state index in [0.29, 0.717) is 23.8 Å². The molecule has 5 nitrogen and oxygen atoms in total. The number of hydrogen-bond acceptors (Lipinski definition) is 3. The maximum atomic E-state index is 13.4. The fourth-order valence-corrected chi connectivity index (χ4v) is 7.97. The van der Waals surface area contributed by atoms with E-state index in [9.17, 15) is 9.59 Å². The molecule has 6 fully saturated rings. The van der Waals surface area contributed by atoms with Crippen molar-refractivity contribution in [3.05, 3.63) is 0 Å². The molecule has 0 aromatic heterocycles. The van der Waals surface area contributed by atoms with Gasteiger partial charge in [-0.1, -0.05) is 12.8 Å². The molecule has 4 bridgehead atoms. The lowest BCUT2D eigenvalue weighted by Gasteiger charge is -2.60. The standard InChI is InChI=1S/C21H32N2O3/c1-3-23-19(25)22(13-21(23)6-4-5-7-21)17-15-8-14-9-16(17)12-20(10-14,11-15)18(24)26-2/h14-17H,3-13H2,1-2H3. The smallest absolute Gasteiger partial charge is 0.320 e. The summed E-state index contributed by atoms with van der Waals surface area (Å²) in [5, 5.41) is 0. The number of esters is 1. The zero-order valence-electron chi connectivity index (χ0n) is 16.2. The predicted octanol–water partition coefficient (Wildman–Crippen LogP) is 3.42. The van der Waals surface area contributed by atoms with Gasteiger partial charge in [0.05, 0.1) is 18.1 Å². The van der Waals surface area contributed by atoms with E-state index >= 15 is 0 Å². The number of urea groups is 1. The molecule has 2 amide bonds. The molecule has 0 radical (unpaired) electrons. The molecule has 144 valence electrons. The van der Waals surface area contributed by atoms with Gasteiger partial charge < -0.3 is 14.5 Å². The van der Waals surface area contributed by atoms with Crippen LogP contribution in [0.5, 0.6) is 0 Å². The molecule has 2 unspecified atom stereocenters. The summed E-state index contributed by atoms with van der Waals surface area (Å²) in [6, 6.07) is 0.629. The van der Waals surface area contributed by atoms with Gasteiger partial charge in [-0.25, -0.2) is 4.79 Å². The Hall–Kier alpha value is -1.26. The zero-order chi connectivity index (χ0) is 18.1. The second-order valence-corrected chi connectivity index (χ2v) is 9.82. The van der Waals surface area contributed by atoms with E-state index in [4.69, 9.17) is 4.74 Å². The summed E-state index contributed by atoms with van der Waals surface area (Å²) in [6.07, 6.45) is 10.1. The van der Waals surface area contributed by atoms with Gasteiger partial charge in [-0.3, -0.25) is 4.79 Å². The molecule has 0 N–H and O–H groups in total. The normalized spacial score (nSPS) is 42.9. The molecule has 26 heavy (non-hydrogen) atoms. The van der Waals surface area contributed by atoms with Crippen molar-refractivity contribution in [2.24, 2.45) is 23.2 Å². The molecular weight excluding hydrogens is 328 g/mol. The topological polar surface area (TPSA) is 49.9 Å². The van der Waals surface area contributed by atoms with Crippen molar-refractivity contribution >= 4 is 12.0 Å². The van der Waals surface area contributed by atoms with E-state index in [1.54, 1.807) is 0 Å². The van der Waals surface area contributed by atoms with Crippen LogP contribution in [0, 0.1) is 23.2 Å². The molecule has 5 heteroatoms. The first-order valence-corrected chi connectivity index (χ1v) is 10.7. The highest BCUT2D eigenvalue weighted by molar-refractivity contribution is 5.80. The van der Waals surface area contributed by atoms with Crippen molar-refractivity contribution in [1.82, 2.24) is 9.80 Å². The summed E-state index contributed by atoms with van der Waals surface area (Å²) in [7, 11) is 1.53. The molecule has 1 heterocycles. The molecular formula is C21H32N2O3. The van der Waals surface area contributed by atoms with Gasteiger partial charge in [-0.05, 0) is 69.6 Å². The maximum Gasteiger partial charge on any atom is 0.320 e. The molecule has 6 aliphatic rings. The largest absolute Gasteiger partial charge is 0.469 e. The number of carbonyl (C=O) groups excluding carboxylic acids is 2. The second-order valence-electron chi connectivity index (χ2n) is 9.82. The Morgan fingerprint density at radius 3 is 2.38 bits per heavy atom. The third-order valence-electron chi connectivity index (χ3n) is 8.57. The van der Waals surface area contributed by atoms with Crippen molar-refractivity contribution < 1.29 is 14.3 Å². The number of ether oxygens (including phenoxy) is 1. The van der Waals surface area contributed by atoms with Crippen LogP contribution in [0.1, 0.15) is 64.7 Å². The molecule has 0 aromatic rings. The predicted molar refractivity (Wildman–Crippen MR) is 97.5 cm³/mol. The van der Waals surface area contributed by atoms with Crippen LogP contribution in [0.2, 0.25) is 0 Å². The lowest BCUT2D eigenvalue weighted by Crippen LogP contribution is -2.61. The van der Waals surface area contributed by atoms with Gasteiger partial charge in [0, 0.05) is 19.1 Å². The first kappa shape index (κ1) is 16.9. The zero-order valence-corrected chi connectivity index (χ0v) is 16.2. The summed E-state index contributed by atoms with van der Waals surface area (Å²) in [6.45, 7) is 3.88. The highest BCUT2D eigenvalue weighted by atomic mass is 16.5. The molecule has 2 atom stereocenters. The van der Waals surface area contributed by atoms with E-state index in [0.717, 1.165) is 32.4 Å². The Balaban J connectivity index is 1.44. The van der Waals surface area contributed by atoms with E-state index < -0.39 is 0 Å². The molecule has 1 saturated heterocycles. The summed E-state index contributed by atoms with van der Waals surface area (Å²) in [5.74, 6) is 1.63. The van der Waals surface area contributed by atoms with Gasteiger partial charge in [-0.15, -0.1) is 0 Å². The van der Waals surface area contributed by atoms with Crippen molar-refractivity contribution in [3.63, 3.8) is 0 Å². The van der Waals surface area contributed by atoms with E-state index in [1.807, 2.05) is 0 Å². The fraction of sp³-hybridized carbons (Fsp3) is 0.905. The number of hydrogen-bond donors (Lipinski definition) is 0. The van der Waals surface area contributed by atoms with Gasteiger partial charge in [0.2, 0.25) is 0 Å². The monoisotopic (exact) mass is 360 g/mol. The lowest BCUT2D eigenvalue weighted by molar-refractivity contribution is -0.174. The van der Waals surface area contributed by atoms with Gasteiger partial charge >= 0.3 is 12.0 Å². The van der Waals surface area contributed by atoms with Crippen LogP contribution in [0.4, 0.5) is 4.79 Å². The minimum Gasteiger partial charge on any atom is -0.469 e. The quantitative estimate of drug-likeness (QED) is 0.725. The van der Waals surface area contributed by atoms with Crippen LogP contribution in [-0.4, -0.2) is 53.6 Å². The van der Waals surface area contributed by atoms with Crippen molar-refractivity contribution in [2.45, 2.75) is 76.3 Å². The number of likely N-dealkylation sites (N-methyl/N-ethyl adjacent to an activating group) is 1. The molecule has 5 aliphatic carbocycles. The van der Waals surface area contributed by atoms with Gasteiger partial charge in [0.15, 0.2) is 0 Å². The van der Waals surface area contributed by atoms with Crippen LogP contribution in [0.15, 0.2) is 0 Å². The Bertz CT molecular complexity index is 611. The maximum absolute atomic E-state index is 13.4. The van der Waals surface area contributed by atoms with E-state index in [2.05, 4.69) is 16.7 Å². The van der Waals surface area contributed by atoms with E-state index in [-0.39, 0.29) is 23.0 Å². The number of nitrogens with zero attached hydrogens (tertiary/aromatic N) is 2. The molecule has 1 aliphatic heterocycles. The minimum absolute atomic E-state index is 0.00514. The van der Waals surface area contributed by atoms with Crippen LogP contribution < -0.4 is 0 Å². The van der Waals surface area contributed by atoms with Crippen LogP contribution in [-0.2, 0) is 9.53 Å². The summed E-state index contributed by atoms with van der Waals surface area (Å²) in [5.41, 5.74) is -0.152. The Labute approximate surface area is 156 Å². The lowest BCUT2D eigenvalue weighted by atomic mass is 9.47. The third-order valence-corrected chi connectivity index (χ3v) is 8.57. The molecule has 0 aromatic carbocycles. The Morgan fingerprint density at radius 2 is 1.81 bits per heavy atom. The number of rotatable bonds is 3. The Morgan fingerprint density at radius 1 is 1.15 bits per heavy atom. The first-order chi connectivity index (χ1) is 12.5. The molecule has 6 rings (SSSR count). The van der Waals surface area contributed by atoms with E-state index in [1.165, 1.54) is 45.6 Å². The van der Waals surface area contributed by atoms with Crippen LogP contribution in [0.25, 0.3) is 0 Å². The molecule has 1 spiro atoms. The second kappa shape index (κ2) is 5.62. The van der Waals surface area contributed by atoms with Crippen LogP contribution in [0.3, 0.4) is 0 Å². The number of amides is 2. The number of methoxy groups -OCH3 is 1. The Kier molecular flexibility index (Phi) is 3.65. The summed E-state index contributed by atoms with van der Waals surface area (Å²) in [4.78, 5) is 30.3. The van der Waals surface area contributed by atoms with Crippen molar-refractivity contribution in [2.75, 3.05) is 20.2 Å². The average Bonchev–Trinajstić information content (AvgIpc) is 3.18. The van der Waals surface area contributed by atoms with Gasteiger partial charge in [0.1, 0.15) is 0 Å². The summed E-state index contributed by atoms with van der Waals surface area (Å²) >= 11 is 0. The third kappa shape index (κ3) is 2.09. The van der Waals surface area contributed by atoms with Gasteiger partial charge in [-0.2, -0.15) is 0 Å².